The molecule has 0 unspecified atom stereocenters. The normalized spacial score (nSPS) is 11.2. The maximum atomic E-state index is 12.6. The van der Waals surface area contributed by atoms with Gasteiger partial charge in [-0.15, -0.1) is 0 Å². The Hall–Kier alpha value is -2.61. The zero-order chi connectivity index (χ0) is 18.1. The van der Waals surface area contributed by atoms with E-state index >= 15 is 0 Å². The zero-order valence-corrected chi connectivity index (χ0v) is 14.5. The first kappa shape index (κ1) is 17.7. The number of nitro groups is 1. The molecule has 0 bridgehead atoms. The fraction of sp³-hybridized carbons (Fsp3) is 0.250. The number of nitrogens with zero attached hydrogens (tertiary/aromatic N) is 1. The molecule has 128 valence electrons. The van der Waals surface area contributed by atoms with Crippen LogP contribution in [0.25, 0.3) is 0 Å². The highest BCUT2D eigenvalue weighted by Crippen LogP contribution is 2.33. The average molecular weight is 351 g/mol. The first-order chi connectivity index (χ1) is 11.2. The van der Waals surface area contributed by atoms with Gasteiger partial charge in [-0.2, -0.15) is 8.42 Å². The molecular weight excluding hydrogens is 334 g/mol. The number of hydrogen-bond donors (Lipinski definition) is 0. The molecule has 0 aliphatic heterocycles. The van der Waals surface area contributed by atoms with Crippen LogP contribution in [0.5, 0.6) is 11.5 Å². The monoisotopic (exact) mass is 351 g/mol. The minimum absolute atomic E-state index is 0.0201. The number of hydrogen-bond acceptors (Lipinski definition) is 6. The van der Waals surface area contributed by atoms with Gasteiger partial charge in [-0.3, -0.25) is 10.1 Å². The van der Waals surface area contributed by atoms with E-state index in [-0.39, 0.29) is 22.1 Å². The second-order valence-corrected chi connectivity index (χ2v) is 6.85. The highest BCUT2D eigenvalue weighted by atomic mass is 32.2. The minimum atomic E-state index is -4.25. The number of ether oxygens (including phenoxy) is 1. The molecule has 2 aromatic rings. The van der Waals surface area contributed by atoms with Crippen molar-refractivity contribution in [2.24, 2.45) is 0 Å². The van der Waals surface area contributed by atoms with Crippen molar-refractivity contribution in [3.05, 3.63) is 57.1 Å². The molecule has 24 heavy (non-hydrogen) atoms. The smallest absolute Gasteiger partial charge is 0.339 e. The van der Waals surface area contributed by atoms with Crippen LogP contribution in [0.3, 0.4) is 0 Å². The van der Waals surface area contributed by atoms with Crippen LogP contribution in [0.15, 0.2) is 35.2 Å². The van der Waals surface area contributed by atoms with Crippen molar-refractivity contribution in [2.45, 2.75) is 25.7 Å². The summed E-state index contributed by atoms with van der Waals surface area (Å²) in [4.78, 5) is 10.1. The summed E-state index contributed by atoms with van der Waals surface area (Å²) in [6.45, 7) is 5.00. The highest BCUT2D eigenvalue weighted by molar-refractivity contribution is 7.87. The maximum Gasteiger partial charge on any atom is 0.339 e. The molecule has 2 aromatic carbocycles. The molecule has 0 spiro atoms. The third-order valence-corrected chi connectivity index (χ3v) is 4.96. The highest BCUT2D eigenvalue weighted by Gasteiger charge is 2.25. The quantitative estimate of drug-likeness (QED) is 0.466. The Morgan fingerprint density at radius 1 is 1.04 bits per heavy atom. The van der Waals surface area contributed by atoms with E-state index in [0.717, 1.165) is 11.6 Å². The van der Waals surface area contributed by atoms with Gasteiger partial charge in [0.2, 0.25) is 0 Å². The summed E-state index contributed by atoms with van der Waals surface area (Å²) in [7, 11) is -2.85. The van der Waals surface area contributed by atoms with Gasteiger partial charge in [-0.25, -0.2) is 0 Å². The van der Waals surface area contributed by atoms with Crippen LogP contribution >= 0.6 is 0 Å². The first-order valence-corrected chi connectivity index (χ1v) is 8.41. The molecular formula is C16H17NO6S. The van der Waals surface area contributed by atoms with Crippen LogP contribution in [0.1, 0.15) is 16.7 Å². The number of nitro benzene ring substituents is 1. The molecule has 0 saturated heterocycles. The second-order valence-electron chi connectivity index (χ2n) is 5.33. The van der Waals surface area contributed by atoms with Crippen LogP contribution in [-0.4, -0.2) is 20.5 Å². The van der Waals surface area contributed by atoms with Gasteiger partial charge in [0, 0.05) is 12.1 Å². The average Bonchev–Trinajstić information content (AvgIpc) is 2.50. The molecule has 0 N–H and O–H groups in total. The molecule has 0 radical (unpaired) electrons. The predicted octanol–water partition coefficient (Wildman–Crippen LogP) is 3.30. The van der Waals surface area contributed by atoms with Gasteiger partial charge in [0.05, 0.1) is 12.0 Å². The Labute approximate surface area is 140 Å². The van der Waals surface area contributed by atoms with E-state index in [1.165, 1.54) is 19.2 Å². The van der Waals surface area contributed by atoms with Crippen molar-refractivity contribution < 1.29 is 22.3 Å². The van der Waals surface area contributed by atoms with Crippen molar-refractivity contribution in [2.75, 3.05) is 7.11 Å². The Balaban J connectivity index is 2.54. The molecule has 0 aliphatic carbocycles. The summed E-state index contributed by atoms with van der Waals surface area (Å²) >= 11 is 0. The molecule has 0 aliphatic rings. The number of benzene rings is 2. The summed E-state index contributed by atoms with van der Waals surface area (Å²) in [6, 6.07) is 7.11. The van der Waals surface area contributed by atoms with Crippen molar-refractivity contribution in [3.8, 4) is 11.5 Å². The lowest BCUT2D eigenvalue weighted by Gasteiger charge is -2.13. The summed E-state index contributed by atoms with van der Waals surface area (Å²) in [6.07, 6.45) is 0. The number of aryl methyl sites for hydroxylation is 2. The van der Waals surface area contributed by atoms with Gasteiger partial charge < -0.3 is 8.92 Å². The topological polar surface area (TPSA) is 95.7 Å². The van der Waals surface area contributed by atoms with Gasteiger partial charge in [0.25, 0.3) is 5.69 Å². The van der Waals surface area contributed by atoms with Crippen LogP contribution in [0, 0.1) is 30.9 Å². The first-order valence-electron chi connectivity index (χ1n) is 7.00. The van der Waals surface area contributed by atoms with Crippen molar-refractivity contribution in [1.29, 1.82) is 0 Å². The number of non-ortho nitro benzene ring substituents is 1. The fourth-order valence-corrected chi connectivity index (χ4v) is 3.45. The molecule has 7 nitrogen and oxygen atoms in total. The zero-order valence-electron chi connectivity index (χ0n) is 13.7. The van der Waals surface area contributed by atoms with E-state index in [1.54, 1.807) is 26.0 Å². The number of methoxy groups -OCH3 is 1. The van der Waals surface area contributed by atoms with Gasteiger partial charge >= 0.3 is 10.1 Å². The van der Waals surface area contributed by atoms with Gasteiger partial charge in [0.1, 0.15) is 4.90 Å². The van der Waals surface area contributed by atoms with Crippen molar-refractivity contribution in [1.82, 2.24) is 0 Å². The lowest BCUT2D eigenvalue weighted by atomic mass is 10.1. The third kappa shape index (κ3) is 3.48. The maximum absolute atomic E-state index is 12.6. The molecule has 0 heterocycles. The summed E-state index contributed by atoms with van der Waals surface area (Å²) in [5.74, 6) is 0.282. The molecule has 0 fully saturated rings. The predicted molar refractivity (Wildman–Crippen MR) is 88.1 cm³/mol. The van der Waals surface area contributed by atoms with Crippen molar-refractivity contribution >= 4 is 15.8 Å². The van der Waals surface area contributed by atoms with Gasteiger partial charge in [-0.1, -0.05) is 6.07 Å². The van der Waals surface area contributed by atoms with Crippen LogP contribution in [0.4, 0.5) is 5.69 Å². The van der Waals surface area contributed by atoms with E-state index in [2.05, 4.69) is 0 Å². The van der Waals surface area contributed by atoms with Gasteiger partial charge in [-0.05, 0) is 49.6 Å². The lowest BCUT2D eigenvalue weighted by Crippen LogP contribution is -2.13. The molecule has 8 heteroatoms. The molecule has 0 atom stereocenters. The van der Waals surface area contributed by atoms with Crippen LogP contribution in [0.2, 0.25) is 0 Å². The summed E-state index contributed by atoms with van der Waals surface area (Å²) in [5, 5.41) is 11.0. The van der Waals surface area contributed by atoms with E-state index in [9.17, 15) is 18.5 Å². The Morgan fingerprint density at radius 2 is 1.71 bits per heavy atom. The fourth-order valence-electron chi connectivity index (χ4n) is 2.18. The second kappa shape index (κ2) is 6.48. The van der Waals surface area contributed by atoms with Crippen molar-refractivity contribution in [3.63, 3.8) is 0 Å². The standard InChI is InChI=1S/C16H17NO6S/c1-10-5-6-14(15(7-10)22-4)23-24(20,21)16-9-13(17(18)19)8-11(2)12(16)3/h5-9H,1-4H3. The molecule has 0 saturated carbocycles. The summed E-state index contributed by atoms with van der Waals surface area (Å²) < 4.78 is 35.5. The minimum Gasteiger partial charge on any atom is -0.493 e. The molecule has 0 aromatic heterocycles. The van der Waals surface area contributed by atoms with E-state index in [4.69, 9.17) is 8.92 Å². The number of rotatable bonds is 5. The molecule has 2 rings (SSSR count). The Bertz CT molecular complexity index is 905. The SMILES string of the molecule is COc1cc(C)ccc1OS(=O)(=O)c1cc([N+](=O)[O-])cc(C)c1C. The largest absolute Gasteiger partial charge is 0.493 e. The van der Waals surface area contributed by atoms with Crippen LogP contribution < -0.4 is 8.92 Å². The van der Waals surface area contributed by atoms with E-state index in [1.807, 2.05) is 6.92 Å². The summed E-state index contributed by atoms with van der Waals surface area (Å²) in [5.41, 5.74) is 1.45. The van der Waals surface area contributed by atoms with E-state index < -0.39 is 15.0 Å². The third-order valence-electron chi connectivity index (χ3n) is 3.60. The van der Waals surface area contributed by atoms with Gasteiger partial charge in [0.15, 0.2) is 11.5 Å². The Morgan fingerprint density at radius 3 is 2.29 bits per heavy atom. The lowest BCUT2D eigenvalue weighted by molar-refractivity contribution is -0.385. The Kier molecular flexibility index (Phi) is 4.79. The van der Waals surface area contributed by atoms with E-state index in [0.29, 0.717) is 11.1 Å². The molecule has 0 amide bonds. The van der Waals surface area contributed by atoms with Crippen LogP contribution in [-0.2, 0) is 10.1 Å².